The molecule has 408 valence electrons. The average Bonchev–Trinajstić information content (AvgIpc) is 3.90. The van der Waals surface area contributed by atoms with E-state index in [0.717, 1.165) is 22.1 Å². The average molecular weight is 1060 g/mol. The minimum atomic E-state index is -2.04. The predicted octanol–water partition coefficient (Wildman–Crippen LogP) is 4.35. The summed E-state index contributed by atoms with van der Waals surface area (Å²) >= 11 is 0. The number of ketones is 3. The monoisotopic (exact) mass is 1060 g/mol. The van der Waals surface area contributed by atoms with E-state index in [1.165, 1.54) is 15.5 Å². The van der Waals surface area contributed by atoms with Crippen molar-refractivity contribution < 1.29 is 62.1 Å². The molecular formula is C57H65FN6O13. The van der Waals surface area contributed by atoms with Gasteiger partial charge in [0, 0.05) is 79.5 Å². The van der Waals surface area contributed by atoms with Crippen molar-refractivity contribution in [3.8, 4) is 11.4 Å². The molecule has 20 heteroatoms. The number of nitrogens with one attached hydrogen (secondary N) is 3. The maximum absolute atomic E-state index is 15.4. The Kier molecular flexibility index (Phi) is 17.4. The molecule has 4 aliphatic rings. The first kappa shape index (κ1) is 55.9. The molecule has 1 aliphatic carbocycles. The molecule has 77 heavy (non-hydrogen) atoms. The van der Waals surface area contributed by atoms with E-state index in [9.17, 15) is 53.1 Å². The fourth-order valence-electron chi connectivity index (χ4n) is 11.0. The van der Waals surface area contributed by atoms with E-state index < -0.39 is 52.5 Å². The Morgan fingerprint density at radius 1 is 0.948 bits per heavy atom. The first-order valence-electron chi connectivity index (χ1n) is 26.5. The molecule has 2 unspecified atom stereocenters. The Labute approximate surface area is 444 Å². The molecule has 5 atom stereocenters. The lowest BCUT2D eigenvalue weighted by Crippen LogP contribution is -2.44. The van der Waals surface area contributed by atoms with Crippen molar-refractivity contribution >= 4 is 63.8 Å². The van der Waals surface area contributed by atoms with E-state index in [0.29, 0.717) is 66.7 Å². The highest BCUT2D eigenvalue weighted by Crippen LogP contribution is 2.47. The lowest BCUT2D eigenvalue weighted by atomic mass is 9.76. The summed E-state index contributed by atoms with van der Waals surface area (Å²) in [5.74, 6) is -5.26. The Hall–Kier alpha value is -7.32. The number of fused-ring (bicyclic) bond motifs is 5. The van der Waals surface area contributed by atoms with Gasteiger partial charge in [0.15, 0.2) is 23.0 Å². The number of ether oxygens (including phenoxy) is 2. The van der Waals surface area contributed by atoms with Gasteiger partial charge in [-0.1, -0.05) is 57.5 Å². The van der Waals surface area contributed by atoms with Crippen LogP contribution in [-0.2, 0) is 84.2 Å². The molecule has 0 spiro atoms. The SMILES string of the molecule is CC[C@@]1(O)C(=O)OCc2c1cc1n(c2=O)Cc2c-1nc1cc(F)c(C)c3c1c2[C@H](CC(=O)COCNC(=O)CCC(=O)[C@H](Cc1ccccc1)NC(=O)CCC(=O)CNC(=O)C(C)CCCCN1C(=O)CC(C)C1=O)CC3. The molecular weight excluding hydrogens is 996 g/mol. The van der Waals surface area contributed by atoms with E-state index >= 15 is 4.39 Å². The number of carbonyl (C=O) groups excluding carboxylic acids is 9. The second-order valence-electron chi connectivity index (χ2n) is 20.8. The van der Waals surface area contributed by atoms with Gasteiger partial charge in [-0.05, 0) is 79.7 Å². The summed E-state index contributed by atoms with van der Waals surface area (Å²) in [7, 11) is 0. The van der Waals surface area contributed by atoms with Crippen molar-refractivity contribution in [1.82, 2.24) is 30.4 Å². The molecule has 3 aliphatic heterocycles. The molecule has 1 saturated heterocycles. The Balaban J connectivity index is 0.803. The maximum Gasteiger partial charge on any atom is 0.343 e. The van der Waals surface area contributed by atoms with Crippen LogP contribution in [0.25, 0.3) is 22.3 Å². The summed E-state index contributed by atoms with van der Waals surface area (Å²) in [5.41, 5.74) is 2.41. The number of halogens is 1. The summed E-state index contributed by atoms with van der Waals surface area (Å²) in [4.78, 5) is 136. The van der Waals surface area contributed by atoms with Crippen molar-refractivity contribution in [2.75, 3.05) is 26.4 Å². The summed E-state index contributed by atoms with van der Waals surface area (Å²) in [5, 5.41) is 20.0. The fraction of sp³-hybridized carbons (Fsp3) is 0.491. The van der Waals surface area contributed by atoms with Crippen LogP contribution in [0.3, 0.4) is 0 Å². The lowest BCUT2D eigenvalue weighted by Gasteiger charge is -2.31. The van der Waals surface area contributed by atoms with Crippen LogP contribution in [-0.4, -0.2) is 105 Å². The van der Waals surface area contributed by atoms with E-state index in [4.69, 9.17) is 14.5 Å². The van der Waals surface area contributed by atoms with Crippen molar-refractivity contribution in [1.29, 1.82) is 0 Å². The highest BCUT2D eigenvalue weighted by molar-refractivity contribution is 6.03. The molecule has 2 aromatic heterocycles. The number of pyridine rings is 2. The summed E-state index contributed by atoms with van der Waals surface area (Å²) in [6.45, 7) is 5.89. The number of aromatic nitrogens is 2. The third-order valence-corrected chi connectivity index (χ3v) is 15.5. The zero-order chi connectivity index (χ0) is 55.3. The number of benzene rings is 2. The number of likely N-dealkylation sites (tertiary alicyclic amines) is 1. The maximum atomic E-state index is 15.4. The number of esters is 1. The second-order valence-corrected chi connectivity index (χ2v) is 20.8. The number of unbranched alkanes of at least 4 members (excludes halogenated alkanes) is 1. The number of carbonyl (C=O) groups is 9. The highest BCUT2D eigenvalue weighted by atomic mass is 19.1. The van der Waals surface area contributed by atoms with Gasteiger partial charge < -0.3 is 35.1 Å². The first-order chi connectivity index (χ1) is 36.8. The summed E-state index contributed by atoms with van der Waals surface area (Å²) in [6.07, 6.45) is 2.05. The third kappa shape index (κ3) is 12.1. The Morgan fingerprint density at radius 2 is 1.70 bits per heavy atom. The third-order valence-electron chi connectivity index (χ3n) is 15.5. The number of hydrogen-bond acceptors (Lipinski definition) is 14. The molecule has 8 rings (SSSR count). The Morgan fingerprint density at radius 3 is 2.43 bits per heavy atom. The van der Waals surface area contributed by atoms with Gasteiger partial charge in [-0.15, -0.1) is 0 Å². The van der Waals surface area contributed by atoms with Crippen LogP contribution < -0.4 is 21.5 Å². The van der Waals surface area contributed by atoms with Crippen LogP contribution in [0.5, 0.6) is 0 Å². The normalized spacial score (nSPS) is 19.0. The lowest BCUT2D eigenvalue weighted by molar-refractivity contribution is -0.172. The standard InChI is InChI=1S/C57H65FN6O13/c1-5-57(75)41-24-45-52-39(27-64(45)55(73)40(41)29-77-56(57)74)50-35(14-16-38-33(4)42(58)25-44(62-52)51(38)50)23-37(66)28-76-30-60-47(68)19-17-46(67)43(22-34-12-7-6-8-13-34)61-48(69)18-15-36(65)26-59-53(71)31(2)11-9-10-20-63-49(70)21-32(3)54(63)72/h6-8,12-13,24-25,31-32,35,43,75H,5,9-11,14-23,26-30H2,1-4H3,(H,59,71)(H,60,68)(H,61,69)/t31?,32?,35-,43-,57-/m0/s1. The minimum Gasteiger partial charge on any atom is -0.458 e. The number of rotatable bonds is 25. The fourth-order valence-corrected chi connectivity index (χ4v) is 11.0. The smallest absolute Gasteiger partial charge is 0.343 e. The van der Waals surface area contributed by atoms with Crippen molar-refractivity contribution in [2.24, 2.45) is 11.8 Å². The van der Waals surface area contributed by atoms with Gasteiger partial charge in [-0.2, -0.15) is 0 Å². The zero-order valence-electron chi connectivity index (χ0n) is 43.9. The number of nitrogens with zero attached hydrogens (tertiary/aromatic N) is 3. The zero-order valence-corrected chi connectivity index (χ0v) is 43.9. The quantitative estimate of drug-likeness (QED) is 0.0274. The number of aryl methyl sites for hydroxylation is 1. The second kappa shape index (κ2) is 23.9. The molecule has 1 fully saturated rings. The molecule has 5 heterocycles. The summed E-state index contributed by atoms with van der Waals surface area (Å²) in [6, 6.07) is 10.9. The molecule has 0 bridgehead atoms. The molecule has 5 amide bonds. The number of aliphatic hydroxyl groups is 1. The van der Waals surface area contributed by atoms with Gasteiger partial charge in [0.25, 0.3) is 5.56 Å². The summed E-state index contributed by atoms with van der Waals surface area (Å²) < 4.78 is 27.7. The number of amides is 5. The number of Topliss-reactive ketones (excluding diaryl/α,β-unsaturated/α-hetero) is 3. The van der Waals surface area contributed by atoms with Gasteiger partial charge in [0.2, 0.25) is 29.5 Å². The van der Waals surface area contributed by atoms with Crippen LogP contribution in [0.15, 0.2) is 47.3 Å². The van der Waals surface area contributed by atoms with E-state index in [2.05, 4.69) is 16.0 Å². The van der Waals surface area contributed by atoms with Crippen LogP contribution >= 0.6 is 0 Å². The molecule has 4 N–H and O–H groups in total. The number of hydrogen-bond donors (Lipinski definition) is 4. The topological polar surface area (TPSA) is 267 Å². The van der Waals surface area contributed by atoms with E-state index in [-0.39, 0.29) is 137 Å². The predicted molar refractivity (Wildman–Crippen MR) is 276 cm³/mol. The van der Waals surface area contributed by atoms with Crippen molar-refractivity contribution in [3.63, 3.8) is 0 Å². The minimum absolute atomic E-state index is 0.0269. The van der Waals surface area contributed by atoms with Crippen molar-refractivity contribution in [3.05, 3.63) is 97.6 Å². The van der Waals surface area contributed by atoms with Crippen LogP contribution in [0.4, 0.5) is 4.39 Å². The van der Waals surface area contributed by atoms with E-state index in [1.807, 2.05) is 0 Å². The van der Waals surface area contributed by atoms with Gasteiger partial charge in [-0.25, -0.2) is 14.2 Å². The Bertz CT molecular complexity index is 3120. The molecule has 4 aromatic rings. The number of imide groups is 1. The van der Waals surface area contributed by atoms with Crippen LogP contribution in [0.2, 0.25) is 0 Å². The first-order valence-corrected chi connectivity index (χ1v) is 26.5. The van der Waals surface area contributed by atoms with Crippen LogP contribution in [0.1, 0.15) is 136 Å². The van der Waals surface area contributed by atoms with Gasteiger partial charge in [0.05, 0.1) is 41.6 Å². The van der Waals surface area contributed by atoms with Gasteiger partial charge >= 0.3 is 5.97 Å². The molecule has 0 saturated carbocycles. The number of cyclic esters (lactones) is 1. The van der Waals surface area contributed by atoms with Crippen LogP contribution in [0, 0.1) is 24.6 Å². The van der Waals surface area contributed by atoms with Crippen molar-refractivity contribution in [2.45, 2.75) is 142 Å². The largest absolute Gasteiger partial charge is 0.458 e. The molecule has 19 nitrogen and oxygen atoms in total. The van der Waals surface area contributed by atoms with Gasteiger partial charge in [0.1, 0.15) is 25.8 Å². The molecule has 0 radical (unpaired) electrons. The van der Waals surface area contributed by atoms with E-state index in [1.54, 1.807) is 64.1 Å². The van der Waals surface area contributed by atoms with Gasteiger partial charge in [-0.3, -0.25) is 48.1 Å². The highest BCUT2D eigenvalue weighted by Gasteiger charge is 2.46. The molecule has 2 aromatic carbocycles.